The van der Waals surface area contributed by atoms with Crippen molar-refractivity contribution in [3.8, 4) is 11.4 Å². The predicted molar refractivity (Wildman–Crippen MR) is 67.8 cm³/mol. The second-order valence-electron chi connectivity index (χ2n) is 3.75. The lowest BCUT2D eigenvalue weighted by molar-refractivity contribution is -0.116. The maximum absolute atomic E-state index is 13.5. The zero-order chi connectivity index (χ0) is 13.0. The molecule has 0 aliphatic carbocycles. The Morgan fingerprint density at radius 3 is 2.94 bits per heavy atom. The van der Waals surface area contributed by atoms with E-state index in [1.807, 2.05) is 0 Å². The molecule has 0 bridgehead atoms. The molecule has 0 radical (unpaired) electrons. The van der Waals surface area contributed by atoms with Gasteiger partial charge in [-0.2, -0.15) is 0 Å². The molecule has 2 aromatic rings. The Hall–Kier alpha value is -1.69. The zero-order valence-electron chi connectivity index (χ0n) is 9.81. The number of aromatic amines is 1. The topological polar surface area (TPSA) is 58.6 Å². The molecule has 0 atom stereocenters. The molecule has 4 nitrogen and oxygen atoms in total. The van der Waals surface area contributed by atoms with Crippen molar-refractivity contribution in [3.63, 3.8) is 0 Å². The van der Waals surface area contributed by atoms with E-state index in [0.717, 1.165) is 0 Å². The Bertz CT molecular complexity index is 556. The number of rotatable bonds is 5. The highest BCUT2D eigenvalue weighted by Crippen LogP contribution is 2.21. The minimum absolute atomic E-state index is 0.132. The molecule has 2 rings (SSSR count). The van der Waals surface area contributed by atoms with Crippen molar-refractivity contribution in [2.75, 3.05) is 5.75 Å². The summed E-state index contributed by atoms with van der Waals surface area (Å²) in [5, 5.41) is 7.20. The highest BCUT2D eigenvalue weighted by atomic mass is 32.2. The van der Waals surface area contributed by atoms with Crippen molar-refractivity contribution in [3.05, 3.63) is 30.1 Å². The van der Waals surface area contributed by atoms with Gasteiger partial charge in [0.15, 0.2) is 5.82 Å². The first-order chi connectivity index (χ1) is 8.66. The molecule has 94 valence electrons. The van der Waals surface area contributed by atoms with E-state index in [1.165, 1.54) is 17.8 Å². The van der Waals surface area contributed by atoms with Crippen molar-refractivity contribution < 1.29 is 9.18 Å². The van der Waals surface area contributed by atoms with Gasteiger partial charge in [0.1, 0.15) is 11.6 Å². The standard InChI is InChI=1S/C12H12FN3OS/c1-8(17)6-7-18-12-14-11(15-16-12)9-4-2-3-5-10(9)13/h2-5H,6-7H2,1H3,(H,14,15,16). The van der Waals surface area contributed by atoms with Gasteiger partial charge in [0, 0.05) is 12.2 Å². The SMILES string of the molecule is CC(=O)CCSc1n[nH]c(-c2ccccc2F)n1. The number of H-pyrrole nitrogens is 1. The van der Waals surface area contributed by atoms with Gasteiger partial charge in [0.25, 0.3) is 0 Å². The fourth-order valence-electron chi connectivity index (χ4n) is 1.37. The van der Waals surface area contributed by atoms with E-state index in [2.05, 4.69) is 15.2 Å². The third kappa shape index (κ3) is 3.16. The average molecular weight is 265 g/mol. The van der Waals surface area contributed by atoms with Gasteiger partial charge in [-0.05, 0) is 19.1 Å². The van der Waals surface area contributed by atoms with Gasteiger partial charge in [-0.1, -0.05) is 23.9 Å². The lowest BCUT2D eigenvalue weighted by Crippen LogP contribution is -1.92. The van der Waals surface area contributed by atoms with Crippen molar-refractivity contribution >= 4 is 17.5 Å². The summed E-state index contributed by atoms with van der Waals surface area (Å²) in [6.45, 7) is 1.54. The summed E-state index contributed by atoms with van der Waals surface area (Å²) in [6.07, 6.45) is 0.480. The second-order valence-corrected chi connectivity index (χ2v) is 4.81. The molecular weight excluding hydrogens is 253 g/mol. The number of hydrogen-bond acceptors (Lipinski definition) is 4. The van der Waals surface area contributed by atoms with Crippen molar-refractivity contribution in [2.45, 2.75) is 18.5 Å². The number of aromatic nitrogens is 3. The molecule has 1 heterocycles. The molecule has 0 aliphatic heterocycles. The van der Waals surface area contributed by atoms with E-state index in [-0.39, 0.29) is 11.6 Å². The van der Waals surface area contributed by atoms with Crippen molar-refractivity contribution in [1.29, 1.82) is 0 Å². The van der Waals surface area contributed by atoms with Crippen LogP contribution in [0.4, 0.5) is 4.39 Å². The lowest BCUT2D eigenvalue weighted by atomic mass is 10.2. The smallest absolute Gasteiger partial charge is 0.208 e. The molecule has 0 fully saturated rings. The van der Waals surface area contributed by atoms with Crippen LogP contribution in [0.15, 0.2) is 29.4 Å². The van der Waals surface area contributed by atoms with Crippen LogP contribution in [0.3, 0.4) is 0 Å². The first-order valence-electron chi connectivity index (χ1n) is 5.46. The van der Waals surface area contributed by atoms with Crippen LogP contribution in [0.5, 0.6) is 0 Å². The minimum Gasteiger partial charge on any atom is -0.300 e. The van der Waals surface area contributed by atoms with Gasteiger partial charge < -0.3 is 0 Å². The van der Waals surface area contributed by atoms with Crippen LogP contribution in [0.2, 0.25) is 0 Å². The van der Waals surface area contributed by atoms with Gasteiger partial charge in [0.2, 0.25) is 5.16 Å². The van der Waals surface area contributed by atoms with Crippen LogP contribution in [0.1, 0.15) is 13.3 Å². The summed E-state index contributed by atoms with van der Waals surface area (Å²) in [7, 11) is 0. The fraction of sp³-hybridized carbons (Fsp3) is 0.250. The van der Waals surface area contributed by atoms with E-state index >= 15 is 0 Å². The summed E-state index contributed by atoms with van der Waals surface area (Å²) >= 11 is 1.37. The molecule has 0 unspecified atom stereocenters. The number of nitrogens with one attached hydrogen (secondary N) is 1. The first-order valence-corrected chi connectivity index (χ1v) is 6.45. The number of halogens is 1. The molecular formula is C12H12FN3OS. The largest absolute Gasteiger partial charge is 0.300 e. The average Bonchev–Trinajstić information content (AvgIpc) is 2.78. The molecule has 1 aromatic carbocycles. The molecule has 1 aromatic heterocycles. The third-order valence-electron chi connectivity index (χ3n) is 2.28. The van der Waals surface area contributed by atoms with Crippen molar-refractivity contribution in [2.24, 2.45) is 0 Å². The maximum atomic E-state index is 13.5. The van der Waals surface area contributed by atoms with E-state index in [9.17, 15) is 9.18 Å². The summed E-state index contributed by atoms with van der Waals surface area (Å²) < 4.78 is 13.5. The van der Waals surface area contributed by atoms with Crippen LogP contribution < -0.4 is 0 Å². The van der Waals surface area contributed by atoms with Crippen molar-refractivity contribution in [1.82, 2.24) is 15.2 Å². The summed E-state index contributed by atoms with van der Waals surface area (Å²) in [5.41, 5.74) is 0.392. The van der Waals surface area contributed by atoms with Gasteiger partial charge in [0.05, 0.1) is 5.56 Å². The van der Waals surface area contributed by atoms with E-state index in [0.29, 0.717) is 28.7 Å². The maximum Gasteiger partial charge on any atom is 0.208 e. The van der Waals surface area contributed by atoms with Gasteiger partial charge in [-0.25, -0.2) is 9.37 Å². The van der Waals surface area contributed by atoms with E-state index in [4.69, 9.17) is 0 Å². The summed E-state index contributed by atoms with van der Waals surface area (Å²) in [5.74, 6) is 0.823. The van der Waals surface area contributed by atoms with Crippen LogP contribution >= 0.6 is 11.8 Å². The fourth-order valence-corrected chi connectivity index (χ4v) is 2.21. The molecule has 18 heavy (non-hydrogen) atoms. The Kier molecular flexibility index (Phi) is 4.09. The van der Waals surface area contributed by atoms with Crippen LogP contribution in [0, 0.1) is 5.82 Å². The monoisotopic (exact) mass is 265 g/mol. The number of benzene rings is 1. The number of nitrogens with zero attached hydrogens (tertiary/aromatic N) is 2. The highest BCUT2D eigenvalue weighted by Gasteiger charge is 2.09. The van der Waals surface area contributed by atoms with Gasteiger partial charge in [-0.3, -0.25) is 9.89 Å². The summed E-state index contributed by atoms with van der Waals surface area (Å²) in [6, 6.07) is 6.38. The Morgan fingerprint density at radius 1 is 1.44 bits per heavy atom. The van der Waals surface area contributed by atoms with Gasteiger partial charge in [-0.15, -0.1) is 5.10 Å². The number of hydrogen-bond donors (Lipinski definition) is 1. The summed E-state index contributed by atoms with van der Waals surface area (Å²) in [4.78, 5) is 15.0. The molecule has 1 N–H and O–H groups in total. The number of carbonyl (C=O) groups excluding carboxylic acids is 1. The Morgan fingerprint density at radius 2 is 2.22 bits per heavy atom. The molecule has 0 amide bonds. The minimum atomic E-state index is -0.339. The third-order valence-corrected chi connectivity index (χ3v) is 3.13. The van der Waals surface area contributed by atoms with E-state index < -0.39 is 0 Å². The number of ketones is 1. The first kappa shape index (κ1) is 12.8. The second kappa shape index (κ2) is 5.77. The van der Waals surface area contributed by atoms with E-state index in [1.54, 1.807) is 25.1 Å². The predicted octanol–water partition coefficient (Wildman–Crippen LogP) is 2.68. The molecule has 6 heteroatoms. The quantitative estimate of drug-likeness (QED) is 0.844. The Labute approximate surface area is 108 Å². The van der Waals surface area contributed by atoms with Crippen LogP contribution in [-0.4, -0.2) is 26.7 Å². The highest BCUT2D eigenvalue weighted by molar-refractivity contribution is 7.99. The molecule has 0 spiro atoms. The molecule has 0 saturated carbocycles. The Balaban J connectivity index is 2.06. The van der Waals surface area contributed by atoms with Gasteiger partial charge >= 0.3 is 0 Å². The molecule has 0 saturated heterocycles. The van der Waals surface area contributed by atoms with Crippen LogP contribution in [0.25, 0.3) is 11.4 Å². The number of carbonyl (C=O) groups is 1. The van der Waals surface area contributed by atoms with Crippen LogP contribution in [-0.2, 0) is 4.79 Å². The molecule has 0 aliphatic rings. The number of Topliss-reactive ketones (excluding diaryl/α,β-unsaturated/α-hetero) is 1. The lowest BCUT2D eigenvalue weighted by Gasteiger charge is -1.96. The number of thioether (sulfide) groups is 1. The zero-order valence-corrected chi connectivity index (χ0v) is 10.6. The normalized spacial score (nSPS) is 10.6.